The fourth-order valence-corrected chi connectivity index (χ4v) is 2.10. The van der Waals surface area contributed by atoms with Crippen LogP contribution in [0.5, 0.6) is 5.75 Å². The predicted octanol–water partition coefficient (Wildman–Crippen LogP) is 4.80. The maximum Gasteiger partial charge on any atom is 0.130 e. The largest absolute Gasteiger partial charge is 0.487 e. The van der Waals surface area contributed by atoms with Gasteiger partial charge >= 0.3 is 0 Å². The van der Waals surface area contributed by atoms with Crippen molar-refractivity contribution >= 4 is 31.9 Å². The molecule has 0 N–H and O–H groups in total. The van der Waals surface area contributed by atoms with Crippen molar-refractivity contribution in [3.05, 3.63) is 56.2 Å². The van der Waals surface area contributed by atoms with Crippen LogP contribution in [0.1, 0.15) is 16.8 Å². The van der Waals surface area contributed by atoms with Gasteiger partial charge in [-0.1, -0.05) is 15.9 Å². The van der Waals surface area contributed by atoms with E-state index in [1.54, 1.807) is 6.20 Å². The van der Waals surface area contributed by atoms with E-state index < -0.39 is 0 Å². The molecule has 0 fully saturated rings. The summed E-state index contributed by atoms with van der Waals surface area (Å²) in [5.74, 6) is 0.873. The lowest BCUT2D eigenvalue weighted by molar-refractivity contribution is 0.301. The Labute approximate surface area is 124 Å². The molecule has 0 unspecified atom stereocenters. The summed E-state index contributed by atoms with van der Waals surface area (Å²) < 4.78 is 7.86. The average molecular weight is 371 g/mol. The van der Waals surface area contributed by atoms with Gasteiger partial charge in [-0.3, -0.25) is 4.98 Å². The van der Waals surface area contributed by atoms with Gasteiger partial charge in [-0.05, 0) is 65.2 Å². The Hall–Kier alpha value is -0.870. The zero-order valence-electron chi connectivity index (χ0n) is 10.2. The van der Waals surface area contributed by atoms with E-state index in [-0.39, 0.29) is 0 Å². The van der Waals surface area contributed by atoms with Gasteiger partial charge in [0.15, 0.2) is 0 Å². The first-order chi connectivity index (χ1) is 8.56. The summed E-state index contributed by atoms with van der Waals surface area (Å²) in [5, 5.41) is 0. The second kappa shape index (κ2) is 5.85. The molecular weight excluding hydrogens is 358 g/mol. The zero-order chi connectivity index (χ0) is 13.1. The molecule has 2 aromatic rings. The third-order valence-corrected chi connectivity index (χ3v) is 4.31. The first kappa shape index (κ1) is 13.6. The molecule has 2 rings (SSSR count). The number of aromatic nitrogens is 1. The standard InChI is InChI=1S/C14H13Br2NO/c1-9-5-13(6-10(2)14(9)16)18-8-12-4-3-11(15)7-17-12/h3-7H,8H2,1-2H3. The molecule has 94 valence electrons. The van der Waals surface area contributed by atoms with E-state index >= 15 is 0 Å². The van der Waals surface area contributed by atoms with E-state index in [0.29, 0.717) is 6.61 Å². The molecule has 0 aliphatic carbocycles. The van der Waals surface area contributed by atoms with Gasteiger partial charge in [-0.15, -0.1) is 0 Å². The van der Waals surface area contributed by atoms with E-state index in [4.69, 9.17) is 4.74 Å². The normalized spacial score (nSPS) is 10.4. The Morgan fingerprint density at radius 3 is 2.33 bits per heavy atom. The molecule has 0 saturated carbocycles. The highest BCUT2D eigenvalue weighted by Gasteiger charge is 2.04. The van der Waals surface area contributed by atoms with Gasteiger partial charge in [-0.25, -0.2) is 0 Å². The number of hydrogen-bond donors (Lipinski definition) is 0. The lowest BCUT2D eigenvalue weighted by Gasteiger charge is -2.09. The van der Waals surface area contributed by atoms with Gasteiger partial charge in [0.25, 0.3) is 0 Å². The van der Waals surface area contributed by atoms with Crippen molar-refractivity contribution in [2.75, 3.05) is 0 Å². The molecule has 0 spiro atoms. The van der Waals surface area contributed by atoms with E-state index in [2.05, 4.69) is 50.7 Å². The number of nitrogens with zero attached hydrogens (tertiary/aromatic N) is 1. The zero-order valence-corrected chi connectivity index (χ0v) is 13.4. The highest BCUT2D eigenvalue weighted by molar-refractivity contribution is 9.10. The van der Waals surface area contributed by atoms with Gasteiger partial charge < -0.3 is 4.74 Å². The van der Waals surface area contributed by atoms with Crippen LogP contribution in [-0.2, 0) is 6.61 Å². The van der Waals surface area contributed by atoms with Crippen molar-refractivity contribution in [2.24, 2.45) is 0 Å². The summed E-state index contributed by atoms with van der Waals surface area (Å²) in [5.41, 5.74) is 3.26. The Kier molecular flexibility index (Phi) is 4.40. The van der Waals surface area contributed by atoms with Gasteiger partial charge in [0, 0.05) is 15.1 Å². The molecule has 1 heterocycles. The Balaban J connectivity index is 2.08. The molecule has 0 radical (unpaired) electrons. The number of aryl methyl sites for hydroxylation is 2. The molecule has 2 nitrogen and oxygen atoms in total. The molecule has 0 atom stereocenters. The molecule has 0 aliphatic heterocycles. The van der Waals surface area contributed by atoms with Crippen LogP contribution in [0, 0.1) is 13.8 Å². The average Bonchev–Trinajstić information content (AvgIpc) is 2.35. The molecular formula is C14H13Br2NO. The lowest BCUT2D eigenvalue weighted by atomic mass is 10.1. The monoisotopic (exact) mass is 369 g/mol. The van der Waals surface area contributed by atoms with E-state index in [1.807, 2.05) is 24.3 Å². The van der Waals surface area contributed by atoms with Gasteiger partial charge in [-0.2, -0.15) is 0 Å². The molecule has 18 heavy (non-hydrogen) atoms. The minimum absolute atomic E-state index is 0.480. The Bertz CT molecular complexity index is 529. The maximum atomic E-state index is 5.75. The third-order valence-electron chi connectivity index (χ3n) is 2.59. The summed E-state index contributed by atoms with van der Waals surface area (Å²) in [4.78, 5) is 4.27. The SMILES string of the molecule is Cc1cc(OCc2ccc(Br)cn2)cc(C)c1Br. The molecule has 1 aromatic carbocycles. The van der Waals surface area contributed by atoms with Crippen molar-refractivity contribution in [3.8, 4) is 5.75 Å². The van der Waals surface area contributed by atoms with Crippen LogP contribution in [0.15, 0.2) is 39.4 Å². The second-order valence-electron chi connectivity index (χ2n) is 4.13. The first-order valence-electron chi connectivity index (χ1n) is 5.56. The fourth-order valence-electron chi connectivity index (χ4n) is 1.64. The van der Waals surface area contributed by atoms with Crippen molar-refractivity contribution in [3.63, 3.8) is 0 Å². The number of rotatable bonds is 3. The molecule has 1 aromatic heterocycles. The highest BCUT2D eigenvalue weighted by Crippen LogP contribution is 2.26. The van der Waals surface area contributed by atoms with Crippen LogP contribution < -0.4 is 4.74 Å². The first-order valence-corrected chi connectivity index (χ1v) is 7.15. The van der Waals surface area contributed by atoms with E-state index in [9.17, 15) is 0 Å². The van der Waals surface area contributed by atoms with Crippen molar-refractivity contribution < 1.29 is 4.74 Å². The lowest BCUT2D eigenvalue weighted by Crippen LogP contribution is -1.98. The van der Waals surface area contributed by atoms with E-state index in [0.717, 1.165) is 20.4 Å². The van der Waals surface area contributed by atoms with Gasteiger partial charge in [0.05, 0.1) is 5.69 Å². The number of ether oxygens (including phenoxy) is 1. The molecule has 0 saturated heterocycles. The summed E-state index contributed by atoms with van der Waals surface area (Å²) in [6, 6.07) is 7.96. The minimum atomic E-state index is 0.480. The molecule has 0 aliphatic rings. The smallest absolute Gasteiger partial charge is 0.130 e. The summed E-state index contributed by atoms with van der Waals surface area (Å²) in [6.45, 7) is 4.59. The molecule has 0 amide bonds. The third kappa shape index (κ3) is 3.33. The number of pyridine rings is 1. The van der Waals surface area contributed by atoms with Crippen LogP contribution in [0.25, 0.3) is 0 Å². The predicted molar refractivity (Wildman–Crippen MR) is 79.9 cm³/mol. The van der Waals surface area contributed by atoms with Crippen LogP contribution in [-0.4, -0.2) is 4.98 Å². The second-order valence-corrected chi connectivity index (χ2v) is 5.84. The fraction of sp³-hybridized carbons (Fsp3) is 0.214. The molecule has 4 heteroatoms. The Morgan fingerprint density at radius 1 is 1.11 bits per heavy atom. The van der Waals surface area contributed by atoms with Crippen molar-refractivity contribution in [1.29, 1.82) is 0 Å². The quantitative estimate of drug-likeness (QED) is 0.773. The van der Waals surface area contributed by atoms with Gasteiger partial charge in [0.1, 0.15) is 12.4 Å². The summed E-state index contributed by atoms with van der Waals surface area (Å²) >= 11 is 6.90. The number of halogens is 2. The van der Waals surface area contributed by atoms with E-state index in [1.165, 1.54) is 11.1 Å². The topological polar surface area (TPSA) is 22.1 Å². The van der Waals surface area contributed by atoms with Gasteiger partial charge in [0.2, 0.25) is 0 Å². The van der Waals surface area contributed by atoms with Crippen LogP contribution in [0.4, 0.5) is 0 Å². The van der Waals surface area contributed by atoms with Crippen LogP contribution in [0.3, 0.4) is 0 Å². The van der Waals surface area contributed by atoms with Crippen molar-refractivity contribution in [1.82, 2.24) is 4.98 Å². The summed E-state index contributed by atoms with van der Waals surface area (Å²) in [7, 11) is 0. The summed E-state index contributed by atoms with van der Waals surface area (Å²) in [6.07, 6.45) is 1.77. The van der Waals surface area contributed by atoms with Crippen LogP contribution >= 0.6 is 31.9 Å². The maximum absolute atomic E-state index is 5.75. The Morgan fingerprint density at radius 2 is 1.78 bits per heavy atom. The number of benzene rings is 1. The molecule has 0 bridgehead atoms. The minimum Gasteiger partial charge on any atom is -0.487 e. The number of hydrogen-bond acceptors (Lipinski definition) is 2. The van der Waals surface area contributed by atoms with Crippen LogP contribution in [0.2, 0.25) is 0 Å². The highest BCUT2D eigenvalue weighted by atomic mass is 79.9. The van der Waals surface area contributed by atoms with Crippen molar-refractivity contribution in [2.45, 2.75) is 20.5 Å².